The number of halogens is 1. The number of nitrogens with zero attached hydrogens (tertiary/aromatic N) is 3. The SMILES string of the molecule is C/C=C(\C=N)C(C)Nc1cnc2n(c1=O)C(C(=O)NCc1cc3cnc(N)cc3s1)CC2.CCCc1ccccc1F. The second kappa shape index (κ2) is 14.0. The van der Waals surface area contributed by atoms with Crippen molar-refractivity contribution >= 4 is 45.0 Å². The number of thiophene rings is 1. The lowest BCUT2D eigenvalue weighted by Gasteiger charge is -2.18. The number of nitrogen functional groups attached to an aromatic ring is 1. The predicted molar refractivity (Wildman–Crippen MR) is 168 cm³/mol. The lowest BCUT2D eigenvalue weighted by atomic mass is 10.1. The molecule has 220 valence electrons. The Labute approximate surface area is 248 Å². The number of benzene rings is 1. The van der Waals surface area contributed by atoms with Crippen LogP contribution in [0.3, 0.4) is 0 Å². The Morgan fingerprint density at radius 3 is 2.79 bits per heavy atom. The number of aromatic nitrogens is 3. The van der Waals surface area contributed by atoms with Gasteiger partial charge in [0.1, 0.15) is 29.2 Å². The van der Waals surface area contributed by atoms with Gasteiger partial charge >= 0.3 is 0 Å². The molecule has 0 bridgehead atoms. The summed E-state index contributed by atoms with van der Waals surface area (Å²) >= 11 is 1.55. The van der Waals surface area contributed by atoms with Gasteiger partial charge in [-0.3, -0.25) is 14.2 Å². The monoisotopic (exact) mass is 589 g/mol. The summed E-state index contributed by atoms with van der Waals surface area (Å²) in [6, 6.07) is 9.89. The average Bonchev–Trinajstić information content (AvgIpc) is 3.60. The molecule has 5 N–H and O–H groups in total. The van der Waals surface area contributed by atoms with Gasteiger partial charge in [0.15, 0.2) is 0 Å². The van der Waals surface area contributed by atoms with Crippen molar-refractivity contribution in [3.05, 3.63) is 92.9 Å². The maximum absolute atomic E-state index is 13.1. The van der Waals surface area contributed by atoms with E-state index < -0.39 is 6.04 Å². The fourth-order valence-electron chi connectivity index (χ4n) is 4.88. The number of pyridine rings is 1. The molecule has 1 amide bonds. The molecule has 0 saturated carbocycles. The van der Waals surface area contributed by atoms with Crippen molar-refractivity contribution in [3.8, 4) is 0 Å². The van der Waals surface area contributed by atoms with E-state index >= 15 is 0 Å². The van der Waals surface area contributed by atoms with Crippen LogP contribution in [-0.4, -0.2) is 32.7 Å². The van der Waals surface area contributed by atoms with Crippen LogP contribution in [0.2, 0.25) is 0 Å². The first-order valence-electron chi connectivity index (χ1n) is 13.9. The Bertz CT molecular complexity index is 1660. The smallest absolute Gasteiger partial charge is 0.277 e. The summed E-state index contributed by atoms with van der Waals surface area (Å²) in [7, 11) is 0. The second-order valence-electron chi connectivity index (χ2n) is 10.0. The van der Waals surface area contributed by atoms with Crippen molar-refractivity contribution in [3.63, 3.8) is 0 Å². The van der Waals surface area contributed by atoms with E-state index in [4.69, 9.17) is 11.1 Å². The first-order chi connectivity index (χ1) is 20.2. The molecule has 42 heavy (non-hydrogen) atoms. The zero-order valence-electron chi connectivity index (χ0n) is 24.0. The number of allylic oxidation sites excluding steroid dienone is 1. The van der Waals surface area contributed by atoms with Gasteiger partial charge in [0.05, 0.1) is 12.7 Å². The van der Waals surface area contributed by atoms with Crippen molar-refractivity contribution in [1.82, 2.24) is 19.9 Å². The number of fused-ring (bicyclic) bond motifs is 2. The molecule has 3 aromatic heterocycles. The number of hydrogen-bond acceptors (Lipinski definition) is 8. The highest BCUT2D eigenvalue weighted by atomic mass is 32.1. The van der Waals surface area contributed by atoms with E-state index in [0.29, 0.717) is 36.7 Å². The Morgan fingerprint density at radius 2 is 2.07 bits per heavy atom. The zero-order chi connectivity index (χ0) is 30.2. The van der Waals surface area contributed by atoms with Gasteiger partial charge < -0.3 is 21.8 Å². The molecule has 9 nitrogen and oxygen atoms in total. The number of aryl methyl sites for hydroxylation is 2. The highest BCUT2D eigenvalue weighted by molar-refractivity contribution is 7.19. The van der Waals surface area contributed by atoms with E-state index in [2.05, 4.69) is 20.6 Å². The molecular formula is C31H36FN7O2S. The van der Waals surface area contributed by atoms with Crippen molar-refractivity contribution in [2.45, 2.75) is 65.1 Å². The van der Waals surface area contributed by atoms with E-state index in [1.165, 1.54) is 23.0 Å². The molecular weight excluding hydrogens is 553 g/mol. The highest BCUT2D eigenvalue weighted by Crippen LogP contribution is 2.27. The molecule has 11 heteroatoms. The van der Waals surface area contributed by atoms with E-state index in [1.54, 1.807) is 23.6 Å². The Hall–Kier alpha value is -4.38. The van der Waals surface area contributed by atoms with Gasteiger partial charge in [-0.05, 0) is 56.0 Å². The van der Waals surface area contributed by atoms with Gasteiger partial charge in [-0.25, -0.2) is 14.4 Å². The molecule has 1 aromatic carbocycles. The maximum atomic E-state index is 13.1. The van der Waals surface area contributed by atoms with Crippen LogP contribution in [0.15, 0.2) is 65.2 Å². The fourth-order valence-corrected chi connectivity index (χ4v) is 5.90. The summed E-state index contributed by atoms with van der Waals surface area (Å²) in [5.74, 6) is 0.784. The molecule has 4 heterocycles. The Morgan fingerprint density at radius 1 is 1.29 bits per heavy atom. The third-order valence-electron chi connectivity index (χ3n) is 7.09. The molecule has 2 unspecified atom stereocenters. The molecule has 0 spiro atoms. The normalized spacial score (nSPS) is 15.0. The minimum absolute atomic E-state index is 0.0793. The van der Waals surface area contributed by atoms with Gasteiger partial charge in [-0.2, -0.15) is 0 Å². The first kappa shape index (κ1) is 30.6. The fraction of sp³-hybridized carbons (Fsp3) is 0.323. The number of carbonyl (C=O) groups is 1. The number of nitrogens with one attached hydrogen (secondary N) is 3. The lowest BCUT2D eigenvalue weighted by molar-refractivity contribution is -0.124. The Kier molecular flexibility index (Phi) is 10.2. The minimum Gasteiger partial charge on any atom is -0.384 e. The van der Waals surface area contributed by atoms with Crippen LogP contribution in [-0.2, 0) is 24.2 Å². The van der Waals surface area contributed by atoms with Crippen LogP contribution in [0.1, 0.15) is 55.9 Å². The standard InChI is InChI=1S/C22H25N7O2S.C9H11F/c1-3-13(8-23)12(2)28-16-11-26-20-5-4-17(29(20)22(16)31)21(30)27-10-15-6-14-9-25-19(24)7-18(14)32-15;1-2-5-8-6-3-4-7-9(8)10/h3,6-9,11-12,17,23,28H,4-5,10H2,1-2H3,(H2,24,25)(H,27,30);3-4,6-7H,2,5H2,1H3/b13-3+,23-8?;. The first-order valence-corrected chi connectivity index (χ1v) is 14.8. The summed E-state index contributed by atoms with van der Waals surface area (Å²) < 4.78 is 15.3. The van der Waals surface area contributed by atoms with Crippen molar-refractivity contribution in [1.29, 1.82) is 5.41 Å². The van der Waals surface area contributed by atoms with E-state index in [9.17, 15) is 14.0 Å². The quantitative estimate of drug-likeness (QED) is 0.193. The third kappa shape index (κ3) is 7.09. The molecule has 2 atom stereocenters. The van der Waals surface area contributed by atoms with E-state index in [-0.39, 0.29) is 23.3 Å². The largest absolute Gasteiger partial charge is 0.384 e. The number of hydrogen-bond donors (Lipinski definition) is 4. The Balaban J connectivity index is 0.000000343. The van der Waals surface area contributed by atoms with Gasteiger partial charge in [-0.15, -0.1) is 11.3 Å². The molecule has 1 aliphatic rings. The van der Waals surface area contributed by atoms with Crippen molar-refractivity contribution in [2.24, 2.45) is 0 Å². The highest BCUT2D eigenvalue weighted by Gasteiger charge is 2.31. The molecule has 0 radical (unpaired) electrons. The molecule has 0 saturated heterocycles. The van der Waals surface area contributed by atoms with Crippen LogP contribution < -0.4 is 21.9 Å². The number of amides is 1. The minimum atomic E-state index is -0.599. The van der Waals surface area contributed by atoms with Gasteiger partial charge in [-0.1, -0.05) is 37.6 Å². The summed E-state index contributed by atoms with van der Waals surface area (Å²) in [6.45, 7) is 6.13. The van der Waals surface area contributed by atoms with Gasteiger partial charge in [0.25, 0.3) is 5.56 Å². The number of rotatable bonds is 9. The zero-order valence-corrected chi connectivity index (χ0v) is 24.8. The summed E-state index contributed by atoms with van der Waals surface area (Å²) in [5, 5.41) is 14.5. The lowest BCUT2D eigenvalue weighted by Crippen LogP contribution is -2.37. The van der Waals surface area contributed by atoms with E-state index in [0.717, 1.165) is 38.9 Å². The molecule has 4 aromatic rings. The van der Waals surface area contributed by atoms with Crippen LogP contribution in [0.25, 0.3) is 10.1 Å². The molecule has 0 fully saturated rings. The number of anilines is 2. The summed E-state index contributed by atoms with van der Waals surface area (Å²) in [5.41, 5.74) is 7.36. The topological polar surface area (TPSA) is 139 Å². The predicted octanol–water partition coefficient (Wildman–Crippen LogP) is 5.41. The number of nitrogens with two attached hydrogens (primary N) is 1. The van der Waals surface area contributed by atoms with Crippen LogP contribution in [0.4, 0.5) is 15.9 Å². The average molecular weight is 590 g/mol. The van der Waals surface area contributed by atoms with Crippen LogP contribution >= 0.6 is 11.3 Å². The molecule has 5 rings (SSSR count). The summed E-state index contributed by atoms with van der Waals surface area (Å²) in [6.07, 6.45) is 9.24. The van der Waals surface area contributed by atoms with Crippen molar-refractivity contribution in [2.75, 3.05) is 11.1 Å². The van der Waals surface area contributed by atoms with Crippen LogP contribution in [0, 0.1) is 11.2 Å². The van der Waals surface area contributed by atoms with Gasteiger partial charge in [0, 0.05) is 39.8 Å². The van der Waals surface area contributed by atoms with E-state index in [1.807, 2.05) is 51.1 Å². The maximum Gasteiger partial charge on any atom is 0.277 e. The van der Waals surface area contributed by atoms with Crippen molar-refractivity contribution < 1.29 is 9.18 Å². The molecule has 0 aliphatic carbocycles. The molecule has 1 aliphatic heterocycles. The van der Waals surface area contributed by atoms with Gasteiger partial charge in [0.2, 0.25) is 5.91 Å². The van der Waals surface area contributed by atoms with Crippen LogP contribution in [0.5, 0.6) is 0 Å². The third-order valence-corrected chi connectivity index (χ3v) is 8.18. The summed E-state index contributed by atoms with van der Waals surface area (Å²) in [4.78, 5) is 35.6. The number of carbonyl (C=O) groups excluding carboxylic acids is 1. The second-order valence-corrected chi connectivity index (χ2v) is 11.2.